The van der Waals surface area contributed by atoms with Gasteiger partial charge in [0.15, 0.2) is 0 Å². The first-order valence-corrected chi connectivity index (χ1v) is 15.0. The normalized spacial score (nSPS) is 18.2. The Balaban J connectivity index is 1.94. The molecule has 220 valence electrons. The van der Waals surface area contributed by atoms with Gasteiger partial charge in [0.05, 0.1) is 12.2 Å². The summed E-state index contributed by atoms with van der Waals surface area (Å²) in [7, 11) is 0. The van der Waals surface area contributed by atoms with Gasteiger partial charge in [-0.05, 0) is 51.4 Å². The molecule has 0 aromatic carbocycles. The summed E-state index contributed by atoms with van der Waals surface area (Å²) in [6, 6.07) is 0. The quantitative estimate of drug-likeness (QED) is 0.0587. The molecule has 1 N–H and O–H groups in total. The fourth-order valence-corrected chi connectivity index (χ4v) is 3.80. The lowest BCUT2D eigenvalue weighted by Gasteiger charge is -2.11. The molecule has 0 aromatic rings. The molecule has 6 nitrogen and oxygen atoms in total. The molecule has 0 radical (unpaired) electrons. The largest absolute Gasteiger partial charge is 0.463 e. The van der Waals surface area contributed by atoms with Crippen LogP contribution in [0.2, 0.25) is 0 Å². The highest BCUT2D eigenvalue weighted by atomic mass is 16.6. The molecule has 0 amide bonds. The third kappa shape index (κ3) is 22.1. The molecule has 1 saturated heterocycles. The highest BCUT2D eigenvalue weighted by molar-refractivity contribution is 5.70. The number of ether oxygens (including phenoxy) is 3. The number of unbranched alkanes of at least 4 members (excludes halogenated alkanes) is 4. The van der Waals surface area contributed by atoms with E-state index in [0.29, 0.717) is 25.0 Å². The van der Waals surface area contributed by atoms with Gasteiger partial charge in [-0.2, -0.15) is 0 Å². The molecule has 1 rings (SSSR count). The molecule has 1 fully saturated rings. The number of epoxide rings is 1. The summed E-state index contributed by atoms with van der Waals surface area (Å²) in [5, 5.41) is 9.84. The van der Waals surface area contributed by atoms with Gasteiger partial charge in [0, 0.05) is 12.8 Å². The van der Waals surface area contributed by atoms with Crippen LogP contribution in [0, 0.1) is 0 Å². The van der Waals surface area contributed by atoms with E-state index >= 15 is 0 Å². The zero-order valence-electron chi connectivity index (χ0n) is 24.3. The predicted molar refractivity (Wildman–Crippen MR) is 158 cm³/mol. The molecule has 3 atom stereocenters. The van der Waals surface area contributed by atoms with E-state index in [-0.39, 0.29) is 31.6 Å². The van der Waals surface area contributed by atoms with Gasteiger partial charge in [-0.25, -0.2) is 0 Å². The summed E-state index contributed by atoms with van der Waals surface area (Å²) in [4.78, 5) is 23.5. The van der Waals surface area contributed by atoms with Gasteiger partial charge in [-0.1, -0.05) is 100 Å². The average Bonchev–Trinajstić information content (AvgIpc) is 3.68. The Morgan fingerprint density at radius 1 is 0.692 bits per heavy atom. The van der Waals surface area contributed by atoms with Gasteiger partial charge in [0.2, 0.25) is 0 Å². The van der Waals surface area contributed by atoms with Gasteiger partial charge in [-0.3, -0.25) is 9.59 Å². The highest BCUT2D eigenvalue weighted by Gasteiger charge is 2.35. The minimum Gasteiger partial charge on any atom is -0.463 e. The van der Waals surface area contributed by atoms with Crippen molar-refractivity contribution in [1.82, 2.24) is 0 Å². The van der Waals surface area contributed by atoms with Crippen molar-refractivity contribution in [3.05, 3.63) is 60.8 Å². The van der Waals surface area contributed by atoms with Crippen LogP contribution in [0.4, 0.5) is 0 Å². The lowest BCUT2D eigenvalue weighted by molar-refractivity contribution is -0.152. The summed E-state index contributed by atoms with van der Waals surface area (Å²) < 4.78 is 15.7. The second-order valence-corrected chi connectivity index (χ2v) is 9.88. The SMILES string of the molecule is CC/C=C\CC1OC1C/C=C\C/C=C\C/C=C\C/C=C\CCC(=O)OC[C@@H](O)COC(=O)CCCCCCC. The number of aliphatic hydroxyl groups is 1. The fourth-order valence-electron chi connectivity index (χ4n) is 3.80. The fraction of sp³-hybridized carbons (Fsp3) is 0.636. The Kier molecular flexibility index (Phi) is 21.8. The van der Waals surface area contributed by atoms with Gasteiger partial charge in [-0.15, -0.1) is 0 Å². The summed E-state index contributed by atoms with van der Waals surface area (Å²) in [5.74, 6) is -0.687. The van der Waals surface area contributed by atoms with E-state index in [0.717, 1.165) is 64.2 Å². The van der Waals surface area contributed by atoms with Crippen LogP contribution < -0.4 is 0 Å². The first-order chi connectivity index (χ1) is 19.1. The van der Waals surface area contributed by atoms with Crippen molar-refractivity contribution in [3.63, 3.8) is 0 Å². The Morgan fingerprint density at radius 3 is 1.79 bits per heavy atom. The van der Waals surface area contributed by atoms with Crippen LogP contribution in [0.25, 0.3) is 0 Å². The third-order valence-electron chi connectivity index (χ3n) is 6.18. The van der Waals surface area contributed by atoms with Crippen LogP contribution in [0.15, 0.2) is 60.8 Å². The summed E-state index contributed by atoms with van der Waals surface area (Å²) in [6.07, 6.45) is 33.5. The third-order valence-corrected chi connectivity index (χ3v) is 6.18. The minimum absolute atomic E-state index is 0.146. The summed E-state index contributed by atoms with van der Waals surface area (Å²) in [6.45, 7) is 3.98. The second-order valence-electron chi connectivity index (χ2n) is 9.88. The number of carbonyl (C=O) groups excluding carboxylic acids is 2. The number of hydrogen-bond acceptors (Lipinski definition) is 6. The van der Waals surface area contributed by atoms with E-state index in [1.165, 1.54) is 6.42 Å². The molecule has 0 spiro atoms. The first-order valence-electron chi connectivity index (χ1n) is 15.0. The van der Waals surface area contributed by atoms with E-state index in [1.54, 1.807) is 0 Å². The van der Waals surface area contributed by atoms with Crippen molar-refractivity contribution in [2.45, 2.75) is 122 Å². The van der Waals surface area contributed by atoms with Crippen molar-refractivity contribution in [2.75, 3.05) is 13.2 Å². The standard InChI is InChI=1S/C33H52O6/c1-3-5-7-16-21-25-32(35)37-27-29(34)28-38-33(36)26-22-18-15-13-11-9-8-10-12-14-17-20-24-31-30(39-31)23-19-6-4-2/h6,9-12,15,17-20,29-31,34H,3-5,7-8,13-14,16,21-28H2,1-2H3/b11-9-,12-10-,18-15-,19-6-,20-17-/t29-,30?,31?/m0/s1. The van der Waals surface area contributed by atoms with Crippen LogP contribution in [-0.2, 0) is 23.8 Å². The maximum atomic E-state index is 11.8. The maximum absolute atomic E-state index is 11.8. The van der Waals surface area contributed by atoms with Crippen molar-refractivity contribution in [2.24, 2.45) is 0 Å². The Morgan fingerprint density at radius 2 is 1.21 bits per heavy atom. The van der Waals surface area contributed by atoms with E-state index in [9.17, 15) is 14.7 Å². The van der Waals surface area contributed by atoms with Gasteiger partial charge < -0.3 is 19.3 Å². The van der Waals surface area contributed by atoms with Crippen molar-refractivity contribution < 1.29 is 28.9 Å². The molecular formula is C33H52O6. The Bertz CT molecular complexity index is 779. The van der Waals surface area contributed by atoms with Crippen molar-refractivity contribution >= 4 is 11.9 Å². The van der Waals surface area contributed by atoms with Gasteiger partial charge >= 0.3 is 11.9 Å². The summed E-state index contributed by atoms with van der Waals surface area (Å²) >= 11 is 0. The molecule has 0 aliphatic carbocycles. The van der Waals surface area contributed by atoms with E-state index < -0.39 is 6.10 Å². The molecule has 0 saturated carbocycles. The van der Waals surface area contributed by atoms with Gasteiger partial charge in [0.25, 0.3) is 0 Å². The molecule has 0 aromatic heterocycles. The molecule has 39 heavy (non-hydrogen) atoms. The molecule has 1 aliphatic heterocycles. The Hall–Kier alpha value is -2.44. The number of rotatable bonds is 24. The zero-order chi connectivity index (χ0) is 28.4. The number of esters is 2. The lowest BCUT2D eigenvalue weighted by atomic mass is 10.1. The van der Waals surface area contributed by atoms with Crippen LogP contribution >= 0.6 is 0 Å². The summed E-state index contributed by atoms with van der Waals surface area (Å²) in [5.41, 5.74) is 0. The van der Waals surface area contributed by atoms with Crippen LogP contribution in [0.3, 0.4) is 0 Å². The zero-order valence-corrected chi connectivity index (χ0v) is 24.3. The molecule has 1 heterocycles. The van der Waals surface area contributed by atoms with Crippen molar-refractivity contribution in [1.29, 1.82) is 0 Å². The van der Waals surface area contributed by atoms with Crippen LogP contribution in [0.1, 0.15) is 104 Å². The Labute approximate surface area is 236 Å². The molecule has 0 bridgehead atoms. The predicted octanol–water partition coefficient (Wildman–Crippen LogP) is 7.48. The van der Waals surface area contributed by atoms with E-state index in [4.69, 9.17) is 14.2 Å². The first kappa shape index (κ1) is 34.6. The molecule has 1 aliphatic rings. The second kappa shape index (κ2) is 24.6. The smallest absolute Gasteiger partial charge is 0.306 e. The monoisotopic (exact) mass is 544 g/mol. The molecule has 2 unspecified atom stereocenters. The number of aliphatic hydroxyl groups excluding tert-OH is 1. The number of hydrogen-bond donors (Lipinski definition) is 1. The van der Waals surface area contributed by atoms with Gasteiger partial charge in [0.1, 0.15) is 19.3 Å². The molecular weight excluding hydrogens is 492 g/mol. The lowest BCUT2D eigenvalue weighted by Crippen LogP contribution is -2.25. The number of allylic oxidation sites excluding steroid dienone is 8. The maximum Gasteiger partial charge on any atom is 0.306 e. The van der Waals surface area contributed by atoms with E-state index in [2.05, 4.69) is 62.5 Å². The molecule has 6 heteroatoms. The number of carbonyl (C=O) groups is 2. The van der Waals surface area contributed by atoms with E-state index in [1.807, 2.05) is 12.2 Å². The average molecular weight is 545 g/mol. The topological polar surface area (TPSA) is 85.4 Å². The highest BCUT2D eigenvalue weighted by Crippen LogP contribution is 2.29. The van der Waals surface area contributed by atoms with Crippen molar-refractivity contribution in [3.8, 4) is 0 Å². The van der Waals surface area contributed by atoms with Crippen LogP contribution in [-0.4, -0.2) is 48.6 Å². The minimum atomic E-state index is -0.994. The van der Waals surface area contributed by atoms with Crippen LogP contribution in [0.5, 0.6) is 0 Å².